The normalized spacial score (nSPS) is 15.2. The van der Waals surface area contributed by atoms with Gasteiger partial charge in [0.25, 0.3) is 0 Å². The SMILES string of the molecule is CCc1ccc(N([C@@H](C)C(=O)Nc2ccc(N3CCCC3=O)cc2)S(C)(=O)=O)cc1. The molecule has 2 aromatic rings. The van der Waals surface area contributed by atoms with Crippen molar-refractivity contribution in [3.05, 3.63) is 54.1 Å². The monoisotopic (exact) mass is 429 g/mol. The van der Waals surface area contributed by atoms with Gasteiger partial charge in [-0.1, -0.05) is 19.1 Å². The summed E-state index contributed by atoms with van der Waals surface area (Å²) in [5.74, 6) is -0.344. The Morgan fingerprint density at radius 3 is 2.27 bits per heavy atom. The molecule has 2 amide bonds. The zero-order valence-corrected chi connectivity index (χ0v) is 18.3. The van der Waals surface area contributed by atoms with E-state index in [1.807, 2.05) is 19.1 Å². The highest BCUT2D eigenvalue weighted by molar-refractivity contribution is 7.92. The van der Waals surface area contributed by atoms with E-state index in [-0.39, 0.29) is 5.91 Å². The minimum absolute atomic E-state index is 0.0956. The van der Waals surface area contributed by atoms with Crippen molar-refractivity contribution < 1.29 is 18.0 Å². The van der Waals surface area contributed by atoms with Crippen LogP contribution in [0.25, 0.3) is 0 Å². The number of rotatable bonds is 7. The zero-order chi connectivity index (χ0) is 21.9. The molecule has 0 radical (unpaired) electrons. The van der Waals surface area contributed by atoms with Gasteiger partial charge in [-0.15, -0.1) is 0 Å². The molecule has 1 N–H and O–H groups in total. The third-order valence-corrected chi connectivity index (χ3v) is 6.45. The predicted molar refractivity (Wildman–Crippen MR) is 119 cm³/mol. The van der Waals surface area contributed by atoms with Crippen molar-refractivity contribution in [2.45, 2.75) is 39.2 Å². The lowest BCUT2D eigenvalue weighted by atomic mass is 10.1. The summed E-state index contributed by atoms with van der Waals surface area (Å²) in [5.41, 5.74) is 2.86. The molecule has 160 valence electrons. The van der Waals surface area contributed by atoms with Crippen molar-refractivity contribution in [1.29, 1.82) is 0 Å². The second-order valence-corrected chi connectivity index (χ2v) is 9.30. The number of aryl methyl sites for hydroxylation is 1. The molecule has 0 saturated carbocycles. The first kappa shape index (κ1) is 21.8. The fourth-order valence-electron chi connectivity index (χ4n) is 3.58. The maximum Gasteiger partial charge on any atom is 0.247 e. The summed E-state index contributed by atoms with van der Waals surface area (Å²) in [7, 11) is -3.67. The van der Waals surface area contributed by atoms with E-state index in [0.717, 1.165) is 34.7 Å². The average Bonchev–Trinajstić information content (AvgIpc) is 3.14. The predicted octanol–water partition coefficient (Wildman–Crippen LogP) is 3.17. The summed E-state index contributed by atoms with van der Waals surface area (Å²) in [5, 5.41) is 2.77. The highest BCUT2D eigenvalue weighted by Gasteiger charge is 2.29. The van der Waals surface area contributed by atoms with Crippen molar-refractivity contribution in [3.8, 4) is 0 Å². The number of hydrogen-bond acceptors (Lipinski definition) is 4. The fourth-order valence-corrected chi connectivity index (χ4v) is 4.75. The van der Waals surface area contributed by atoms with Crippen LogP contribution < -0.4 is 14.5 Å². The molecule has 8 heteroatoms. The molecule has 7 nitrogen and oxygen atoms in total. The van der Waals surface area contributed by atoms with Gasteiger partial charge in [0.2, 0.25) is 21.8 Å². The Morgan fingerprint density at radius 1 is 1.13 bits per heavy atom. The lowest BCUT2D eigenvalue weighted by Gasteiger charge is -2.28. The van der Waals surface area contributed by atoms with Crippen molar-refractivity contribution >= 4 is 38.9 Å². The molecule has 1 aliphatic heterocycles. The number of nitrogens with one attached hydrogen (secondary N) is 1. The van der Waals surface area contributed by atoms with Gasteiger partial charge in [0.15, 0.2) is 0 Å². The number of benzene rings is 2. The molecule has 0 spiro atoms. The highest BCUT2D eigenvalue weighted by atomic mass is 32.2. The van der Waals surface area contributed by atoms with Crippen molar-refractivity contribution in [2.24, 2.45) is 0 Å². The first-order valence-corrected chi connectivity index (χ1v) is 11.8. The van der Waals surface area contributed by atoms with E-state index in [1.165, 1.54) is 0 Å². The number of hydrogen-bond donors (Lipinski definition) is 1. The van der Waals surface area contributed by atoms with Gasteiger partial charge >= 0.3 is 0 Å². The number of sulfonamides is 1. The van der Waals surface area contributed by atoms with E-state index >= 15 is 0 Å². The van der Waals surface area contributed by atoms with Crippen LogP contribution in [0.2, 0.25) is 0 Å². The van der Waals surface area contributed by atoms with Crippen LogP contribution in [0.4, 0.5) is 17.1 Å². The second kappa shape index (κ2) is 8.87. The molecule has 0 aliphatic carbocycles. The van der Waals surface area contributed by atoms with E-state index in [9.17, 15) is 18.0 Å². The number of carbonyl (C=O) groups is 2. The van der Waals surface area contributed by atoms with Gasteiger partial charge in [-0.3, -0.25) is 13.9 Å². The quantitative estimate of drug-likeness (QED) is 0.732. The Bertz CT molecular complexity index is 1020. The van der Waals surface area contributed by atoms with Crippen LogP contribution in [-0.2, 0) is 26.0 Å². The van der Waals surface area contributed by atoms with Crippen LogP contribution >= 0.6 is 0 Å². The third-order valence-electron chi connectivity index (χ3n) is 5.21. The molecule has 1 heterocycles. The molecule has 1 saturated heterocycles. The van der Waals surface area contributed by atoms with Crippen molar-refractivity contribution in [2.75, 3.05) is 27.3 Å². The number of nitrogens with zero attached hydrogens (tertiary/aromatic N) is 2. The molecule has 0 aromatic heterocycles. The molecule has 30 heavy (non-hydrogen) atoms. The zero-order valence-electron chi connectivity index (χ0n) is 17.5. The molecule has 3 rings (SSSR count). The van der Waals surface area contributed by atoms with Gasteiger partial charge in [-0.25, -0.2) is 8.42 Å². The molecule has 1 atom stereocenters. The van der Waals surface area contributed by atoms with E-state index in [4.69, 9.17) is 0 Å². The lowest BCUT2D eigenvalue weighted by molar-refractivity contribution is -0.117. The number of carbonyl (C=O) groups excluding carboxylic acids is 2. The average molecular weight is 430 g/mol. The molecule has 2 aromatic carbocycles. The summed E-state index contributed by atoms with van der Waals surface area (Å²) in [4.78, 5) is 26.4. The van der Waals surface area contributed by atoms with Crippen LogP contribution in [0, 0.1) is 0 Å². The van der Waals surface area contributed by atoms with Crippen molar-refractivity contribution in [3.63, 3.8) is 0 Å². The largest absolute Gasteiger partial charge is 0.324 e. The topological polar surface area (TPSA) is 86.8 Å². The van der Waals surface area contributed by atoms with Crippen LogP contribution in [-0.4, -0.2) is 39.1 Å². The number of amides is 2. The van der Waals surface area contributed by atoms with Crippen LogP contribution in [0.1, 0.15) is 32.3 Å². The van der Waals surface area contributed by atoms with Gasteiger partial charge in [-0.2, -0.15) is 0 Å². The van der Waals surface area contributed by atoms with E-state index in [0.29, 0.717) is 24.3 Å². The summed E-state index contributed by atoms with van der Waals surface area (Å²) in [6.45, 7) is 4.27. The minimum Gasteiger partial charge on any atom is -0.324 e. The summed E-state index contributed by atoms with van der Waals surface area (Å²) < 4.78 is 26.0. The van der Waals surface area contributed by atoms with Gasteiger partial charge in [0.05, 0.1) is 11.9 Å². The van der Waals surface area contributed by atoms with E-state index in [1.54, 1.807) is 48.2 Å². The first-order chi connectivity index (χ1) is 14.2. The Kier molecular flexibility index (Phi) is 6.45. The summed E-state index contributed by atoms with van der Waals surface area (Å²) >= 11 is 0. The summed E-state index contributed by atoms with van der Waals surface area (Å²) in [6, 6.07) is 13.2. The molecule has 1 fully saturated rings. The van der Waals surface area contributed by atoms with Crippen LogP contribution in [0.3, 0.4) is 0 Å². The molecular weight excluding hydrogens is 402 g/mol. The first-order valence-electron chi connectivity index (χ1n) is 10.0. The Morgan fingerprint density at radius 2 is 1.77 bits per heavy atom. The van der Waals surface area contributed by atoms with E-state index < -0.39 is 22.0 Å². The van der Waals surface area contributed by atoms with Crippen molar-refractivity contribution in [1.82, 2.24) is 0 Å². The maximum atomic E-state index is 12.8. The lowest BCUT2D eigenvalue weighted by Crippen LogP contribution is -2.45. The maximum absolute atomic E-state index is 12.8. The van der Waals surface area contributed by atoms with Gasteiger partial charge in [0, 0.05) is 24.3 Å². The number of anilines is 3. The van der Waals surface area contributed by atoms with E-state index in [2.05, 4.69) is 5.32 Å². The molecule has 1 aliphatic rings. The highest BCUT2D eigenvalue weighted by Crippen LogP contribution is 2.25. The Balaban J connectivity index is 1.75. The van der Waals surface area contributed by atoms with Gasteiger partial charge in [-0.05, 0) is 61.7 Å². The van der Waals surface area contributed by atoms with Crippen LogP contribution in [0.5, 0.6) is 0 Å². The van der Waals surface area contributed by atoms with Gasteiger partial charge in [0.1, 0.15) is 6.04 Å². The fraction of sp³-hybridized carbons (Fsp3) is 0.364. The van der Waals surface area contributed by atoms with Crippen LogP contribution in [0.15, 0.2) is 48.5 Å². The molecule has 0 unspecified atom stereocenters. The smallest absolute Gasteiger partial charge is 0.247 e. The Hall–Kier alpha value is -2.87. The molecular formula is C22H27N3O4S. The summed E-state index contributed by atoms with van der Waals surface area (Å²) in [6.07, 6.45) is 3.33. The Labute approximate surface area is 177 Å². The standard InChI is InChI=1S/C22H27N3O4S/c1-4-17-7-11-20(12-8-17)25(30(3,28)29)16(2)22(27)23-18-9-13-19(14-10-18)24-15-5-6-21(24)26/h7-14,16H,4-6,15H2,1-3H3,(H,23,27)/t16-/m0/s1. The third kappa shape index (κ3) is 4.81. The molecule has 0 bridgehead atoms. The van der Waals surface area contributed by atoms with Gasteiger partial charge < -0.3 is 10.2 Å². The second-order valence-electron chi connectivity index (χ2n) is 7.44. The minimum atomic E-state index is -3.67.